The standard InChI is InChI=1S/C28H33N3O8/c1-8-38-26(34)24-14(3)22(16(5)32)20(29-24)12-18-10-11-19(31(18)28(36)37-7)13-21-23(17(6)33)15(4)25(30-21)27(35)39-9-2/h10-11,29-30H,8-9,12-13H2,1-7H3. The Bertz CT molecular complexity index is 1350. The fraction of sp³-hybridized carbons (Fsp3) is 0.393. The zero-order chi connectivity index (χ0) is 29.0. The van der Waals surface area contributed by atoms with E-state index in [1.54, 1.807) is 39.8 Å². The molecule has 11 nitrogen and oxygen atoms in total. The molecule has 0 bridgehead atoms. The Balaban J connectivity index is 2.09. The Morgan fingerprint density at radius 1 is 0.744 bits per heavy atom. The number of aromatic amines is 2. The number of ketones is 2. The summed E-state index contributed by atoms with van der Waals surface area (Å²) in [6.45, 7) is 9.84. The minimum Gasteiger partial charge on any atom is -0.461 e. The number of ether oxygens (including phenoxy) is 3. The first-order valence-electron chi connectivity index (χ1n) is 12.5. The maximum Gasteiger partial charge on any atom is 0.418 e. The van der Waals surface area contributed by atoms with Crippen LogP contribution in [0.5, 0.6) is 0 Å². The lowest BCUT2D eigenvalue weighted by Crippen LogP contribution is -2.18. The molecule has 0 spiro atoms. The molecule has 0 aliphatic carbocycles. The highest BCUT2D eigenvalue weighted by Gasteiger charge is 2.27. The first-order valence-corrected chi connectivity index (χ1v) is 12.5. The van der Waals surface area contributed by atoms with Crippen LogP contribution in [0.3, 0.4) is 0 Å². The molecule has 0 aliphatic rings. The first kappa shape index (κ1) is 29.2. The molecule has 3 aromatic heterocycles. The summed E-state index contributed by atoms with van der Waals surface area (Å²) in [5.74, 6) is -1.65. The Morgan fingerprint density at radius 2 is 1.13 bits per heavy atom. The number of carbonyl (C=O) groups excluding carboxylic acids is 5. The molecule has 0 fully saturated rings. The van der Waals surface area contributed by atoms with Gasteiger partial charge in [-0.05, 0) is 64.8 Å². The number of carbonyl (C=O) groups is 5. The van der Waals surface area contributed by atoms with Gasteiger partial charge >= 0.3 is 18.0 Å². The van der Waals surface area contributed by atoms with Gasteiger partial charge in [0.15, 0.2) is 11.6 Å². The molecule has 0 unspecified atom stereocenters. The predicted octanol–water partition coefficient (Wildman–Crippen LogP) is 4.32. The van der Waals surface area contributed by atoms with Crippen molar-refractivity contribution in [3.63, 3.8) is 0 Å². The highest BCUT2D eigenvalue weighted by atomic mass is 16.5. The van der Waals surface area contributed by atoms with Crippen LogP contribution in [-0.4, -0.2) is 64.5 Å². The smallest absolute Gasteiger partial charge is 0.418 e. The summed E-state index contributed by atoms with van der Waals surface area (Å²) in [6, 6.07) is 3.40. The van der Waals surface area contributed by atoms with Crippen molar-refractivity contribution in [2.24, 2.45) is 0 Å². The van der Waals surface area contributed by atoms with Crippen LogP contribution >= 0.6 is 0 Å². The van der Waals surface area contributed by atoms with E-state index in [4.69, 9.17) is 14.2 Å². The Labute approximate surface area is 225 Å². The molecule has 0 saturated carbocycles. The predicted molar refractivity (Wildman–Crippen MR) is 141 cm³/mol. The lowest BCUT2D eigenvalue weighted by molar-refractivity contribution is 0.0509. The molecule has 0 atom stereocenters. The molecule has 3 rings (SSSR count). The normalized spacial score (nSPS) is 10.8. The van der Waals surface area contributed by atoms with Crippen molar-refractivity contribution in [1.29, 1.82) is 0 Å². The minimum absolute atomic E-state index is 0.0989. The van der Waals surface area contributed by atoms with Gasteiger partial charge in [0, 0.05) is 46.7 Å². The summed E-state index contributed by atoms with van der Waals surface area (Å²) in [4.78, 5) is 68.7. The second-order valence-corrected chi connectivity index (χ2v) is 8.99. The summed E-state index contributed by atoms with van der Waals surface area (Å²) in [5.41, 5.74) is 3.82. The number of hydrogen-bond acceptors (Lipinski definition) is 8. The molecule has 11 heteroatoms. The summed E-state index contributed by atoms with van der Waals surface area (Å²) in [7, 11) is 1.24. The maximum atomic E-state index is 12.9. The van der Waals surface area contributed by atoms with Gasteiger partial charge in [-0.2, -0.15) is 0 Å². The van der Waals surface area contributed by atoms with Crippen molar-refractivity contribution in [3.8, 4) is 0 Å². The van der Waals surface area contributed by atoms with Gasteiger partial charge in [-0.1, -0.05) is 0 Å². The Hall–Kier alpha value is -4.41. The van der Waals surface area contributed by atoms with Gasteiger partial charge in [-0.3, -0.25) is 14.2 Å². The zero-order valence-corrected chi connectivity index (χ0v) is 23.2. The van der Waals surface area contributed by atoms with Gasteiger partial charge in [-0.15, -0.1) is 0 Å². The third-order valence-corrected chi connectivity index (χ3v) is 6.43. The number of esters is 2. The average Bonchev–Trinajstić information content (AvgIpc) is 3.52. The molecule has 0 aliphatic heterocycles. The number of H-pyrrole nitrogens is 2. The third-order valence-electron chi connectivity index (χ3n) is 6.43. The van der Waals surface area contributed by atoms with Gasteiger partial charge in [0.1, 0.15) is 11.4 Å². The van der Waals surface area contributed by atoms with Crippen LogP contribution < -0.4 is 0 Å². The van der Waals surface area contributed by atoms with E-state index in [-0.39, 0.29) is 49.0 Å². The topological polar surface area (TPSA) is 150 Å². The van der Waals surface area contributed by atoms with Gasteiger partial charge in [0.2, 0.25) is 0 Å². The number of aromatic nitrogens is 3. The molecular weight excluding hydrogens is 506 g/mol. The van der Waals surface area contributed by atoms with Crippen LogP contribution in [0.4, 0.5) is 4.79 Å². The van der Waals surface area contributed by atoms with Crippen LogP contribution in [0.15, 0.2) is 12.1 Å². The molecule has 2 N–H and O–H groups in total. The molecule has 3 heterocycles. The lowest BCUT2D eigenvalue weighted by Gasteiger charge is -2.12. The van der Waals surface area contributed by atoms with E-state index in [9.17, 15) is 24.0 Å². The average molecular weight is 540 g/mol. The fourth-order valence-electron chi connectivity index (χ4n) is 4.84. The highest BCUT2D eigenvalue weighted by molar-refractivity contribution is 6.02. The zero-order valence-electron chi connectivity index (χ0n) is 23.2. The Kier molecular flexibility index (Phi) is 8.95. The van der Waals surface area contributed by atoms with Crippen molar-refractivity contribution >= 4 is 29.6 Å². The molecule has 0 radical (unpaired) electrons. The summed E-state index contributed by atoms with van der Waals surface area (Å²) in [5, 5.41) is 0. The van der Waals surface area contributed by atoms with E-state index in [2.05, 4.69) is 9.97 Å². The molecule has 0 amide bonds. The quantitative estimate of drug-likeness (QED) is 0.220. The van der Waals surface area contributed by atoms with Crippen LogP contribution in [0.1, 0.15) is 103 Å². The van der Waals surface area contributed by atoms with Crippen molar-refractivity contribution in [3.05, 3.63) is 68.6 Å². The summed E-state index contributed by atoms with van der Waals surface area (Å²) < 4.78 is 16.6. The summed E-state index contributed by atoms with van der Waals surface area (Å²) in [6.07, 6.45) is -0.481. The molecule has 39 heavy (non-hydrogen) atoms. The second-order valence-electron chi connectivity index (χ2n) is 8.99. The monoisotopic (exact) mass is 539 g/mol. The van der Waals surface area contributed by atoms with Gasteiger partial charge in [0.25, 0.3) is 0 Å². The largest absolute Gasteiger partial charge is 0.461 e. The number of methoxy groups -OCH3 is 1. The van der Waals surface area contributed by atoms with E-state index >= 15 is 0 Å². The summed E-state index contributed by atoms with van der Waals surface area (Å²) >= 11 is 0. The van der Waals surface area contributed by atoms with Gasteiger partial charge in [0.05, 0.1) is 20.3 Å². The molecule has 3 aromatic rings. The fourth-order valence-corrected chi connectivity index (χ4v) is 4.84. The number of nitrogens with one attached hydrogen (secondary N) is 2. The number of Topliss-reactive ketones (excluding diaryl/α,β-unsaturated/α-hetero) is 2. The second kappa shape index (κ2) is 12.0. The molecular formula is C28H33N3O8. The van der Waals surface area contributed by atoms with Gasteiger partial charge < -0.3 is 24.2 Å². The van der Waals surface area contributed by atoms with E-state index in [0.717, 1.165) is 0 Å². The van der Waals surface area contributed by atoms with Crippen molar-refractivity contribution < 1.29 is 38.2 Å². The van der Waals surface area contributed by atoms with Gasteiger partial charge in [-0.25, -0.2) is 14.4 Å². The van der Waals surface area contributed by atoms with Crippen molar-refractivity contribution in [2.75, 3.05) is 20.3 Å². The first-order chi connectivity index (χ1) is 18.5. The number of rotatable bonds is 10. The SMILES string of the molecule is CCOC(=O)c1[nH]c(Cc2ccc(Cc3[nH]c(C(=O)OCC)c(C)c3C(C)=O)n2C(=O)OC)c(C(C)=O)c1C. The Morgan fingerprint density at radius 3 is 1.44 bits per heavy atom. The number of nitrogens with zero attached hydrogens (tertiary/aromatic N) is 1. The molecule has 208 valence electrons. The van der Waals surface area contributed by atoms with Crippen LogP contribution in [-0.2, 0) is 27.1 Å². The third kappa shape index (κ3) is 5.71. The van der Waals surface area contributed by atoms with Crippen molar-refractivity contribution in [2.45, 2.75) is 54.4 Å². The lowest BCUT2D eigenvalue weighted by atomic mass is 10.0. The molecule has 0 aromatic carbocycles. The van der Waals surface area contributed by atoms with Crippen LogP contribution in [0.25, 0.3) is 0 Å². The number of hydrogen-bond donors (Lipinski definition) is 2. The highest BCUT2D eigenvalue weighted by Crippen LogP contribution is 2.27. The van der Waals surface area contributed by atoms with Crippen LogP contribution in [0, 0.1) is 13.8 Å². The van der Waals surface area contributed by atoms with Crippen LogP contribution in [0.2, 0.25) is 0 Å². The van der Waals surface area contributed by atoms with E-state index in [1.807, 2.05) is 0 Å². The van der Waals surface area contributed by atoms with Crippen molar-refractivity contribution in [1.82, 2.24) is 14.5 Å². The van der Waals surface area contributed by atoms with E-state index in [0.29, 0.717) is 45.0 Å². The minimum atomic E-state index is -0.679. The molecule has 0 saturated heterocycles. The maximum absolute atomic E-state index is 12.9. The van der Waals surface area contributed by atoms with E-state index < -0.39 is 18.0 Å². The van der Waals surface area contributed by atoms with E-state index in [1.165, 1.54) is 25.5 Å².